The average molecular weight is 301 g/mol. The second kappa shape index (κ2) is 4.57. The third kappa shape index (κ3) is 2.14. The molecule has 1 atom stereocenters. The van der Waals surface area contributed by atoms with Crippen molar-refractivity contribution >= 4 is 27.5 Å². The highest BCUT2D eigenvalue weighted by atomic mass is 79.9. The van der Waals surface area contributed by atoms with E-state index in [1.165, 1.54) is 0 Å². The van der Waals surface area contributed by atoms with Gasteiger partial charge in [0.1, 0.15) is 0 Å². The van der Waals surface area contributed by atoms with Crippen LogP contribution in [0, 0.1) is 0 Å². The van der Waals surface area contributed by atoms with Crippen molar-refractivity contribution in [2.75, 3.05) is 0 Å². The van der Waals surface area contributed by atoms with Crippen LogP contribution < -0.4 is 5.73 Å². The van der Waals surface area contributed by atoms with E-state index in [4.69, 9.17) is 17.3 Å². The summed E-state index contributed by atoms with van der Waals surface area (Å²) in [4.78, 5) is 0. The van der Waals surface area contributed by atoms with Crippen molar-refractivity contribution in [1.29, 1.82) is 0 Å². The molecular formula is C11H11BrClN3. The van der Waals surface area contributed by atoms with Crippen LogP contribution in [-0.2, 0) is 7.05 Å². The molecule has 1 heterocycles. The van der Waals surface area contributed by atoms with Crippen LogP contribution in [-0.4, -0.2) is 9.78 Å². The van der Waals surface area contributed by atoms with Crippen LogP contribution in [0.25, 0.3) is 0 Å². The topological polar surface area (TPSA) is 43.8 Å². The Bertz CT molecular complexity index is 490. The normalized spacial score (nSPS) is 12.8. The van der Waals surface area contributed by atoms with E-state index in [1.54, 1.807) is 10.9 Å². The quantitative estimate of drug-likeness (QED) is 0.927. The summed E-state index contributed by atoms with van der Waals surface area (Å²) in [5.74, 6) is 0. The maximum absolute atomic E-state index is 6.17. The van der Waals surface area contributed by atoms with Crippen LogP contribution in [0.4, 0.5) is 0 Å². The van der Waals surface area contributed by atoms with E-state index in [2.05, 4.69) is 21.0 Å². The molecule has 0 bridgehead atoms. The highest BCUT2D eigenvalue weighted by Crippen LogP contribution is 2.27. The van der Waals surface area contributed by atoms with Gasteiger partial charge in [0.2, 0.25) is 0 Å². The Morgan fingerprint density at radius 1 is 1.50 bits per heavy atom. The van der Waals surface area contributed by atoms with Crippen molar-refractivity contribution in [1.82, 2.24) is 9.78 Å². The van der Waals surface area contributed by atoms with E-state index in [0.29, 0.717) is 5.02 Å². The minimum atomic E-state index is -0.266. The predicted molar refractivity (Wildman–Crippen MR) is 68.4 cm³/mol. The molecule has 0 spiro atoms. The smallest absolute Gasteiger partial charge is 0.0837 e. The maximum Gasteiger partial charge on any atom is 0.0837 e. The molecule has 0 saturated heterocycles. The first-order chi connectivity index (χ1) is 7.59. The number of halogens is 2. The summed E-state index contributed by atoms with van der Waals surface area (Å²) in [6.07, 6.45) is 1.61. The lowest BCUT2D eigenvalue weighted by Gasteiger charge is -2.13. The second-order valence-corrected chi connectivity index (χ2v) is 4.86. The van der Waals surface area contributed by atoms with Gasteiger partial charge in [0.15, 0.2) is 0 Å². The van der Waals surface area contributed by atoms with Gasteiger partial charge in [-0.25, -0.2) is 0 Å². The zero-order valence-corrected chi connectivity index (χ0v) is 11.0. The molecule has 0 saturated carbocycles. The second-order valence-electron chi connectivity index (χ2n) is 3.53. The van der Waals surface area contributed by atoms with Gasteiger partial charge < -0.3 is 5.73 Å². The van der Waals surface area contributed by atoms with Crippen LogP contribution in [0.3, 0.4) is 0 Å². The molecular weight excluding hydrogens is 289 g/mol. The molecule has 2 N–H and O–H groups in total. The average Bonchev–Trinajstić information content (AvgIpc) is 2.58. The Balaban J connectivity index is 2.43. The van der Waals surface area contributed by atoms with E-state index in [1.807, 2.05) is 31.3 Å². The number of hydrogen-bond donors (Lipinski definition) is 1. The number of nitrogens with two attached hydrogens (primary N) is 1. The zero-order valence-electron chi connectivity index (χ0n) is 8.69. The molecule has 0 fully saturated rings. The number of rotatable bonds is 2. The van der Waals surface area contributed by atoms with Gasteiger partial charge in [-0.2, -0.15) is 5.10 Å². The molecule has 0 radical (unpaired) electrons. The summed E-state index contributed by atoms with van der Waals surface area (Å²) < 4.78 is 2.70. The highest BCUT2D eigenvalue weighted by Gasteiger charge is 2.16. The summed E-state index contributed by atoms with van der Waals surface area (Å²) >= 11 is 9.47. The van der Waals surface area contributed by atoms with Gasteiger partial charge in [-0.05, 0) is 17.7 Å². The maximum atomic E-state index is 6.17. The van der Waals surface area contributed by atoms with Crippen molar-refractivity contribution in [3.8, 4) is 0 Å². The van der Waals surface area contributed by atoms with E-state index >= 15 is 0 Å². The van der Waals surface area contributed by atoms with Gasteiger partial charge in [0, 0.05) is 11.5 Å². The summed E-state index contributed by atoms with van der Waals surface area (Å²) in [7, 11) is 1.83. The van der Waals surface area contributed by atoms with E-state index < -0.39 is 0 Å². The molecule has 2 rings (SSSR count). The van der Waals surface area contributed by atoms with E-state index in [9.17, 15) is 0 Å². The van der Waals surface area contributed by atoms with Gasteiger partial charge >= 0.3 is 0 Å². The number of aryl methyl sites for hydroxylation is 1. The van der Waals surface area contributed by atoms with E-state index in [0.717, 1.165) is 15.7 Å². The first kappa shape index (κ1) is 11.6. The molecule has 1 unspecified atom stereocenters. The molecule has 16 heavy (non-hydrogen) atoms. The fourth-order valence-electron chi connectivity index (χ4n) is 1.63. The minimum Gasteiger partial charge on any atom is -0.319 e. The van der Waals surface area contributed by atoms with Crippen molar-refractivity contribution in [3.63, 3.8) is 0 Å². The summed E-state index contributed by atoms with van der Waals surface area (Å²) in [6.45, 7) is 0. The number of nitrogens with zero attached hydrogens (tertiary/aromatic N) is 2. The molecule has 0 aliphatic carbocycles. The van der Waals surface area contributed by atoms with Gasteiger partial charge in [-0.3, -0.25) is 4.68 Å². The summed E-state index contributed by atoms with van der Waals surface area (Å²) in [5, 5.41) is 4.67. The third-order valence-electron chi connectivity index (χ3n) is 2.44. The lowest BCUT2D eigenvalue weighted by Crippen LogP contribution is -2.16. The van der Waals surface area contributed by atoms with E-state index in [-0.39, 0.29) is 6.04 Å². The van der Waals surface area contributed by atoms with Crippen LogP contribution in [0.15, 0.2) is 34.9 Å². The third-order valence-corrected chi connectivity index (χ3v) is 3.22. The Labute approximate surface area is 107 Å². The molecule has 84 valence electrons. The molecule has 0 amide bonds. The van der Waals surface area contributed by atoms with Crippen LogP contribution in [0.5, 0.6) is 0 Å². The van der Waals surface area contributed by atoms with Gasteiger partial charge in [0.05, 0.1) is 23.0 Å². The summed E-state index contributed by atoms with van der Waals surface area (Å²) in [6, 6.07) is 7.59. The van der Waals surface area contributed by atoms with Crippen LogP contribution in [0.2, 0.25) is 5.02 Å². The number of aromatic nitrogens is 2. The van der Waals surface area contributed by atoms with Crippen LogP contribution >= 0.6 is 27.5 Å². The highest BCUT2D eigenvalue weighted by molar-refractivity contribution is 9.10. The van der Waals surface area contributed by atoms with Gasteiger partial charge in [0.25, 0.3) is 0 Å². The largest absolute Gasteiger partial charge is 0.319 e. The molecule has 1 aromatic heterocycles. The van der Waals surface area contributed by atoms with Crippen molar-refractivity contribution in [3.05, 3.63) is 51.2 Å². The molecule has 2 aromatic rings. The lowest BCUT2D eigenvalue weighted by atomic mass is 10.1. The molecule has 1 aromatic carbocycles. The fraction of sp³-hybridized carbons (Fsp3) is 0.182. The van der Waals surface area contributed by atoms with Crippen molar-refractivity contribution in [2.45, 2.75) is 6.04 Å². The minimum absolute atomic E-state index is 0.266. The SMILES string of the molecule is Cn1ncc(Cl)c1C(N)c1cccc(Br)c1. The number of hydrogen-bond acceptors (Lipinski definition) is 2. The molecule has 5 heteroatoms. The molecule has 3 nitrogen and oxygen atoms in total. The fourth-order valence-corrected chi connectivity index (χ4v) is 2.33. The number of benzene rings is 1. The Hall–Kier alpha value is -0.840. The molecule has 0 aliphatic rings. The predicted octanol–water partition coefficient (Wildman–Crippen LogP) is 2.88. The lowest BCUT2D eigenvalue weighted by molar-refractivity contribution is 0.673. The standard InChI is InChI=1S/C11H11BrClN3/c1-16-11(9(13)6-15-16)10(14)7-3-2-4-8(12)5-7/h2-6,10H,14H2,1H3. The Morgan fingerprint density at radius 2 is 2.25 bits per heavy atom. The Morgan fingerprint density at radius 3 is 2.81 bits per heavy atom. The van der Waals surface area contributed by atoms with Crippen molar-refractivity contribution in [2.24, 2.45) is 12.8 Å². The monoisotopic (exact) mass is 299 g/mol. The van der Waals surface area contributed by atoms with Gasteiger partial charge in [-0.1, -0.05) is 39.7 Å². The first-order valence-electron chi connectivity index (χ1n) is 4.78. The van der Waals surface area contributed by atoms with Crippen molar-refractivity contribution < 1.29 is 0 Å². The molecule has 0 aliphatic heterocycles. The van der Waals surface area contributed by atoms with Crippen LogP contribution in [0.1, 0.15) is 17.3 Å². The summed E-state index contributed by atoms with van der Waals surface area (Å²) in [5.41, 5.74) is 7.98. The zero-order chi connectivity index (χ0) is 11.7. The van der Waals surface area contributed by atoms with Gasteiger partial charge in [-0.15, -0.1) is 0 Å². The first-order valence-corrected chi connectivity index (χ1v) is 5.95. The Kier molecular flexibility index (Phi) is 3.33.